The summed E-state index contributed by atoms with van der Waals surface area (Å²) in [6, 6.07) is 0.0698. The summed E-state index contributed by atoms with van der Waals surface area (Å²) in [4.78, 5) is 14.5. The van der Waals surface area contributed by atoms with E-state index >= 15 is 0 Å². The lowest BCUT2D eigenvalue weighted by Crippen LogP contribution is -2.53. The van der Waals surface area contributed by atoms with Crippen molar-refractivity contribution in [3.8, 4) is 0 Å². The van der Waals surface area contributed by atoms with Gasteiger partial charge in [0.05, 0.1) is 18.4 Å². The summed E-state index contributed by atoms with van der Waals surface area (Å²) in [7, 11) is 2.12. The van der Waals surface area contributed by atoms with Crippen LogP contribution in [-0.4, -0.2) is 42.6 Å². The third-order valence-corrected chi connectivity index (χ3v) is 5.76. The maximum absolute atomic E-state index is 12.2. The Morgan fingerprint density at radius 2 is 2.00 bits per heavy atom. The number of carbonyl (C=O) groups excluding carboxylic acids is 1. The molecular formula is C16H29N3O. The highest BCUT2D eigenvalue weighted by Crippen LogP contribution is 2.52. The van der Waals surface area contributed by atoms with Gasteiger partial charge in [-0.05, 0) is 56.5 Å². The van der Waals surface area contributed by atoms with Crippen molar-refractivity contribution in [2.24, 2.45) is 23.2 Å². The fourth-order valence-electron chi connectivity index (χ4n) is 5.12. The Morgan fingerprint density at radius 3 is 2.60 bits per heavy atom. The Bertz CT molecular complexity index is 403. The van der Waals surface area contributed by atoms with E-state index in [9.17, 15) is 4.79 Å². The SMILES string of the molecule is CC(=O)C1C(C(C)(C)C)C2C3CCCNC3NC2N1C. The van der Waals surface area contributed by atoms with Gasteiger partial charge in [-0.3, -0.25) is 15.0 Å². The summed E-state index contributed by atoms with van der Waals surface area (Å²) in [5.41, 5.74) is 0.165. The fraction of sp³-hybridized carbons (Fsp3) is 0.938. The van der Waals surface area contributed by atoms with Crippen molar-refractivity contribution in [2.75, 3.05) is 13.6 Å². The molecule has 3 aliphatic heterocycles. The summed E-state index contributed by atoms with van der Waals surface area (Å²) in [6.45, 7) is 9.78. The molecule has 0 radical (unpaired) electrons. The molecule has 0 aromatic carbocycles. The highest BCUT2D eigenvalue weighted by atomic mass is 16.1. The van der Waals surface area contributed by atoms with Gasteiger partial charge in [0.2, 0.25) is 0 Å². The van der Waals surface area contributed by atoms with E-state index in [1.807, 2.05) is 0 Å². The van der Waals surface area contributed by atoms with Crippen LogP contribution in [0.4, 0.5) is 0 Å². The average Bonchev–Trinajstić information content (AvgIpc) is 2.84. The molecule has 4 nitrogen and oxygen atoms in total. The summed E-state index contributed by atoms with van der Waals surface area (Å²) < 4.78 is 0. The molecule has 0 aromatic heterocycles. The second-order valence-electron chi connectivity index (χ2n) is 8.04. The average molecular weight is 279 g/mol. The highest BCUT2D eigenvalue weighted by Gasteiger charge is 2.60. The van der Waals surface area contributed by atoms with E-state index in [1.54, 1.807) is 6.92 Å². The normalized spacial score (nSPS) is 45.2. The molecule has 3 fully saturated rings. The van der Waals surface area contributed by atoms with Gasteiger partial charge in [0.15, 0.2) is 0 Å². The Kier molecular flexibility index (Phi) is 3.47. The van der Waals surface area contributed by atoms with Crippen molar-refractivity contribution in [1.29, 1.82) is 0 Å². The van der Waals surface area contributed by atoms with E-state index in [4.69, 9.17) is 0 Å². The smallest absolute Gasteiger partial charge is 0.147 e. The van der Waals surface area contributed by atoms with E-state index in [2.05, 4.69) is 43.4 Å². The van der Waals surface area contributed by atoms with Gasteiger partial charge >= 0.3 is 0 Å². The number of likely N-dealkylation sites (tertiary alicyclic amines) is 1. The lowest BCUT2D eigenvalue weighted by atomic mass is 9.66. The molecule has 0 spiro atoms. The molecule has 0 amide bonds. The first-order valence-corrected chi connectivity index (χ1v) is 8.04. The standard InChI is InChI=1S/C16H29N3O/c1-9(20)13-12(16(2,3)4)11-10-7-6-8-17-14(10)18-15(11)19(13)5/h10-15,17-18H,6-8H2,1-5H3. The highest BCUT2D eigenvalue weighted by molar-refractivity contribution is 5.82. The molecule has 3 rings (SSSR count). The van der Waals surface area contributed by atoms with E-state index in [0.717, 1.165) is 6.54 Å². The molecule has 3 heterocycles. The zero-order chi connectivity index (χ0) is 14.7. The zero-order valence-corrected chi connectivity index (χ0v) is 13.4. The monoisotopic (exact) mass is 279 g/mol. The first-order chi connectivity index (χ1) is 9.32. The molecular weight excluding hydrogens is 250 g/mol. The number of ketones is 1. The number of nitrogens with one attached hydrogen (secondary N) is 2. The number of piperidine rings is 1. The fourth-order valence-corrected chi connectivity index (χ4v) is 5.12. The van der Waals surface area contributed by atoms with Crippen molar-refractivity contribution in [3.63, 3.8) is 0 Å². The Balaban J connectivity index is 1.97. The summed E-state index contributed by atoms with van der Waals surface area (Å²) in [6.07, 6.45) is 3.35. The van der Waals surface area contributed by atoms with Crippen molar-refractivity contribution < 1.29 is 4.79 Å². The van der Waals surface area contributed by atoms with E-state index in [1.165, 1.54) is 12.8 Å². The number of nitrogens with zero attached hydrogens (tertiary/aromatic N) is 1. The Hall–Kier alpha value is -0.450. The van der Waals surface area contributed by atoms with Crippen LogP contribution >= 0.6 is 0 Å². The van der Waals surface area contributed by atoms with E-state index in [-0.39, 0.29) is 11.5 Å². The summed E-state index contributed by atoms with van der Waals surface area (Å²) >= 11 is 0. The van der Waals surface area contributed by atoms with Crippen LogP contribution in [0.3, 0.4) is 0 Å². The lowest BCUT2D eigenvalue weighted by Gasteiger charge is -2.40. The third kappa shape index (κ3) is 2.04. The predicted molar refractivity (Wildman–Crippen MR) is 80.1 cm³/mol. The number of carbonyl (C=O) groups is 1. The molecule has 20 heavy (non-hydrogen) atoms. The predicted octanol–water partition coefficient (Wildman–Crippen LogP) is 1.42. The number of hydrogen-bond donors (Lipinski definition) is 2. The molecule has 0 aliphatic carbocycles. The van der Waals surface area contributed by atoms with Crippen LogP contribution in [0.2, 0.25) is 0 Å². The van der Waals surface area contributed by atoms with Crippen LogP contribution in [0.1, 0.15) is 40.5 Å². The first-order valence-electron chi connectivity index (χ1n) is 8.04. The maximum Gasteiger partial charge on any atom is 0.147 e. The number of rotatable bonds is 1. The van der Waals surface area contributed by atoms with Gasteiger partial charge in [-0.15, -0.1) is 0 Å². The molecule has 3 saturated heterocycles. The molecule has 0 saturated carbocycles. The van der Waals surface area contributed by atoms with Crippen molar-refractivity contribution >= 4 is 5.78 Å². The van der Waals surface area contributed by atoms with Gasteiger partial charge in [-0.2, -0.15) is 0 Å². The first kappa shape index (κ1) is 14.5. The van der Waals surface area contributed by atoms with Crippen molar-refractivity contribution in [3.05, 3.63) is 0 Å². The summed E-state index contributed by atoms with van der Waals surface area (Å²) in [5.74, 6) is 2.03. The van der Waals surface area contributed by atoms with Gasteiger partial charge in [0, 0.05) is 0 Å². The molecule has 114 valence electrons. The number of fused-ring (bicyclic) bond motifs is 3. The zero-order valence-electron chi connectivity index (χ0n) is 13.4. The lowest BCUT2D eigenvalue weighted by molar-refractivity contribution is -0.124. The van der Waals surface area contributed by atoms with Crippen LogP contribution in [0.15, 0.2) is 0 Å². The maximum atomic E-state index is 12.2. The minimum atomic E-state index is 0.0698. The van der Waals surface area contributed by atoms with Crippen LogP contribution < -0.4 is 10.6 Å². The Morgan fingerprint density at radius 1 is 1.30 bits per heavy atom. The van der Waals surface area contributed by atoms with Crippen LogP contribution in [0.25, 0.3) is 0 Å². The second-order valence-corrected chi connectivity index (χ2v) is 8.04. The minimum Gasteiger partial charge on any atom is -0.302 e. The third-order valence-electron chi connectivity index (χ3n) is 5.76. The Labute approximate surface area is 122 Å². The molecule has 3 aliphatic rings. The minimum absolute atomic E-state index is 0.0698. The van der Waals surface area contributed by atoms with Gasteiger partial charge in [-0.25, -0.2) is 0 Å². The molecule has 0 aromatic rings. The quantitative estimate of drug-likeness (QED) is 0.762. The number of Topliss-reactive ketones (excluding diaryl/α,β-unsaturated/α-hetero) is 1. The molecule has 2 N–H and O–H groups in total. The number of likely N-dealkylation sites (N-methyl/N-ethyl adjacent to an activating group) is 1. The van der Waals surface area contributed by atoms with Gasteiger partial charge in [-0.1, -0.05) is 20.8 Å². The van der Waals surface area contributed by atoms with Crippen LogP contribution in [0.5, 0.6) is 0 Å². The molecule has 6 atom stereocenters. The van der Waals surface area contributed by atoms with E-state index in [0.29, 0.717) is 35.9 Å². The molecule has 0 bridgehead atoms. The molecule has 4 heteroatoms. The van der Waals surface area contributed by atoms with Crippen LogP contribution in [-0.2, 0) is 4.79 Å². The molecule has 6 unspecified atom stereocenters. The number of hydrogen-bond acceptors (Lipinski definition) is 4. The van der Waals surface area contributed by atoms with Gasteiger partial charge < -0.3 is 5.32 Å². The topological polar surface area (TPSA) is 44.4 Å². The van der Waals surface area contributed by atoms with E-state index < -0.39 is 0 Å². The van der Waals surface area contributed by atoms with Gasteiger partial charge in [0.1, 0.15) is 5.78 Å². The van der Waals surface area contributed by atoms with Crippen LogP contribution in [0, 0.1) is 23.2 Å². The van der Waals surface area contributed by atoms with Gasteiger partial charge in [0.25, 0.3) is 0 Å². The van der Waals surface area contributed by atoms with Crippen molar-refractivity contribution in [1.82, 2.24) is 15.5 Å². The largest absolute Gasteiger partial charge is 0.302 e. The van der Waals surface area contributed by atoms with Crippen molar-refractivity contribution in [2.45, 2.75) is 58.9 Å². The summed E-state index contributed by atoms with van der Waals surface area (Å²) in [5, 5.41) is 7.38. The second kappa shape index (κ2) is 4.79.